The number of nitrogens with two attached hydrogens (primary N) is 1. The number of nitrogens with zero attached hydrogens (tertiary/aromatic N) is 1. The second-order valence-corrected chi connectivity index (χ2v) is 9.75. The molecule has 1 aliphatic heterocycles. The summed E-state index contributed by atoms with van der Waals surface area (Å²) in [5.41, 5.74) is 8.60. The zero-order chi connectivity index (χ0) is 27.4. The number of carbonyl (C=O) groups excluding carboxylic acids is 2. The summed E-state index contributed by atoms with van der Waals surface area (Å²) < 4.78 is 21.6. The van der Waals surface area contributed by atoms with Crippen molar-refractivity contribution in [2.45, 2.75) is 44.3 Å². The van der Waals surface area contributed by atoms with Crippen LogP contribution in [0.4, 0.5) is 5.69 Å². The molecule has 0 aromatic heterocycles. The van der Waals surface area contributed by atoms with Crippen LogP contribution in [0.3, 0.4) is 0 Å². The molecule has 0 unspecified atom stereocenters. The van der Waals surface area contributed by atoms with Crippen LogP contribution >= 0.6 is 0 Å². The van der Waals surface area contributed by atoms with E-state index in [0.717, 1.165) is 31.2 Å². The van der Waals surface area contributed by atoms with Crippen LogP contribution in [0, 0.1) is 0 Å². The Morgan fingerprint density at radius 2 is 1.62 bits per heavy atom. The van der Waals surface area contributed by atoms with Gasteiger partial charge < -0.3 is 34.9 Å². The molecule has 0 atom stereocenters. The molecule has 3 aromatic carbocycles. The molecule has 0 saturated heterocycles. The van der Waals surface area contributed by atoms with E-state index < -0.39 is 0 Å². The van der Waals surface area contributed by atoms with Gasteiger partial charge in [-0.1, -0.05) is 18.2 Å². The van der Waals surface area contributed by atoms with Crippen molar-refractivity contribution in [3.8, 4) is 23.0 Å². The van der Waals surface area contributed by atoms with Gasteiger partial charge in [0.2, 0.25) is 6.79 Å². The van der Waals surface area contributed by atoms with Crippen molar-refractivity contribution in [2.24, 2.45) is 5.73 Å². The molecule has 9 nitrogen and oxygen atoms in total. The number of ether oxygens (including phenoxy) is 4. The normalized spacial score (nSPS) is 17.8. The fourth-order valence-corrected chi connectivity index (χ4v) is 5.11. The molecular weight excluding hydrogens is 498 g/mol. The number of nitrogens with one attached hydrogen (secondary N) is 1. The number of fused-ring (bicyclic) bond motifs is 1. The predicted octanol–water partition coefficient (Wildman–Crippen LogP) is 4.60. The molecule has 0 radical (unpaired) electrons. The SMILES string of the molecule is COc1ccc(C(=O)N(Cc2ccccc2NC(=O)c2ccc3c(c2)OCO3)C2CCC(N)CC2)cc1OC. The summed E-state index contributed by atoms with van der Waals surface area (Å²) in [6.45, 7) is 0.462. The van der Waals surface area contributed by atoms with Crippen molar-refractivity contribution in [2.75, 3.05) is 26.3 Å². The van der Waals surface area contributed by atoms with Crippen LogP contribution in [-0.4, -0.2) is 49.8 Å². The van der Waals surface area contributed by atoms with E-state index in [9.17, 15) is 9.59 Å². The monoisotopic (exact) mass is 531 g/mol. The average Bonchev–Trinajstić information content (AvgIpc) is 3.44. The Bertz CT molecular complexity index is 1350. The van der Waals surface area contributed by atoms with Gasteiger partial charge in [-0.15, -0.1) is 0 Å². The second kappa shape index (κ2) is 11.7. The molecule has 2 aliphatic rings. The maximum Gasteiger partial charge on any atom is 0.255 e. The highest BCUT2D eigenvalue weighted by Gasteiger charge is 2.30. The number of anilines is 1. The van der Waals surface area contributed by atoms with Crippen molar-refractivity contribution in [3.05, 3.63) is 77.4 Å². The van der Waals surface area contributed by atoms with Crippen molar-refractivity contribution in [1.29, 1.82) is 0 Å². The van der Waals surface area contributed by atoms with Crippen LogP contribution in [0.5, 0.6) is 23.0 Å². The topological polar surface area (TPSA) is 112 Å². The minimum absolute atomic E-state index is 0.0167. The third kappa shape index (κ3) is 5.78. The van der Waals surface area contributed by atoms with Gasteiger partial charge in [0, 0.05) is 35.4 Å². The highest BCUT2D eigenvalue weighted by Crippen LogP contribution is 2.34. The summed E-state index contributed by atoms with van der Waals surface area (Å²) in [4.78, 5) is 29.0. The van der Waals surface area contributed by atoms with Crippen molar-refractivity contribution in [1.82, 2.24) is 4.90 Å². The highest BCUT2D eigenvalue weighted by atomic mass is 16.7. The van der Waals surface area contributed by atoms with E-state index >= 15 is 0 Å². The largest absolute Gasteiger partial charge is 0.493 e. The van der Waals surface area contributed by atoms with Crippen LogP contribution < -0.4 is 30.0 Å². The van der Waals surface area contributed by atoms with E-state index in [2.05, 4.69) is 5.32 Å². The molecule has 9 heteroatoms. The molecule has 2 amide bonds. The van der Waals surface area contributed by atoms with E-state index in [4.69, 9.17) is 24.7 Å². The fraction of sp³-hybridized carbons (Fsp3) is 0.333. The van der Waals surface area contributed by atoms with Crippen molar-refractivity contribution >= 4 is 17.5 Å². The maximum atomic E-state index is 13.9. The van der Waals surface area contributed by atoms with Crippen LogP contribution in [0.2, 0.25) is 0 Å². The molecule has 1 saturated carbocycles. The van der Waals surface area contributed by atoms with Gasteiger partial charge in [-0.25, -0.2) is 0 Å². The molecule has 0 spiro atoms. The number of para-hydroxylation sites is 1. The Morgan fingerprint density at radius 3 is 2.38 bits per heavy atom. The van der Waals surface area contributed by atoms with Gasteiger partial charge >= 0.3 is 0 Å². The van der Waals surface area contributed by atoms with Crippen molar-refractivity contribution in [3.63, 3.8) is 0 Å². The minimum atomic E-state index is -0.276. The smallest absolute Gasteiger partial charge is 0.255 e. The van der Waals surface area contributed by atoms with Gasteiger partial charge in [0.15, 0.2) is 23.0 Å². The van der Waals surface area contributed by atoms with Crippen LogP contribution in [0.25, 0.3) is 0 Å². The van der Waals surface area contributed by atoms with E-state index in [1.165, 1.54) is 0 Å². The number of benzene rings is 3. The van der Waals surface area contributed by atoms with Gasteiger partial charge in [-0.2, -0.15) is 0 Å². The van der Waals surface area contributed by atoms with E-state index in [1.54, 1.807) is 50.6 Å². The Labute approximate surface area is 227 Å². The van der Waals surface area contributed by atoms with Gasteiger partial charge in [0.25, 0.3) is 11.8 Å². The van der Waals surface area contributed by atoms with Crippen molar-refractivity contribution < 1.29 is 28.5 Å². The third-order valence-electron chi connectivity index (χ3n) is 7.31. The van der Waals surface area contributed by atoms with Gasteiger partial charge in [-0.05, 0) is 73.7 Å². The summed E-state index contributed by atoms with van der Waals surface area (Å²) >= 11 is 0. The maximum absolute atomic E-state index is 13.9. The standard InChI is InChI=1S/C30H33N3O6/c1-36-25-13-8-20(16-27(25)37-2)30(35)33(23-11-9-22(31)10-12-23)17-21-5-3-4-6-24(21)32-29(34)19-7-14-26-28(15-19)39-18-38-26/h3-8,13-16,22-23H,9-12,17-18,31H2,1-2H3,(H,32,34). The lowest BCUT2D eigenvalue weighted by atomic mass is 9.90. The molecule has 5 rings (SSSR count). The van der Waals surface area contributed by atoms with Gasteiger partial charge in [0.05, 0.1) is 14.2 Å². The van der Waals surface area contributed by atoms with E-state index in [0.29, 0.717) is 46.4 Å². The molecule has 1 heterocycles. The number of hydrogen-bond donors (Lipinski definition) is 2. The molecule has 204 valence electrons. The first-order chi connectivity index (χ1) is 19.0. The fourth-order valence-electron chi connectivity index (χ4n) is 5.11. The number of carbonyl (C=O) groups is 2. The molecule has 0 bridgehead atoms. The number of amides is 2. The van der Waals surface area contributed by atoms with Gasteiger partial charge in [0.1, 0.15) is 0 Å². The molecule has 3 aromatic rings. The van der Waals surface area contributed by atoms with E-state index in [1.807, 2.05) is 29.2 Å². The molecule has 3 N–H and O–H groups in total. The molecule has 1 aliphatic carbocycles. The highest BCUT2D eigenvalue weighted by molar-refractivity contribution is 6.05. The second-order valence-electron chi connectivity index (χ2n) is 9.75. The van der Waals surface area contributed by atoms with Crippen LogP contribution in [0.1, 0.15) is 52.0 Å². The lowest BCUT2D eigenvalue weighted by Crippen LogP contribution is -2.44. The first-order valence-electron chi connectivity index (χ1n) is 13.0. The first-order valence-corrected chi connectivity index (χ1v) is 13.0. The molecular formula is C30H33N3O6. The Balaban J connectivity index is 1.41. The summed E-state index contributed by atoms with van der Waals surface area (Å²) in [7, 11) is 3.11. The number of hydrogen-bond acceptors (Lipinski definition) is 7. The number of rotatable bonds is 8. The van der Waals surface area contributed by atoms with E-state index in [-0.39, 0.29) is 30.7 Å². The summed E-state index contributed by atoms with van der Waals surface area (Å²) in [5, 5.41) is 3.02. The zero-order valence-electron chi connectivity index (χ0n) is 22.1. The lowest BCUT2D eigenvalue weighted by Gasteiger charge is -2.36. The third-order valence-corrected chi connectivity index (χ3v) is 7.31. The molecule has 39 heavy (non-hydrogen) atoms. The molecule has 1 fully saturated rings. The average molecular weight is 532 g/mol. The van der Waals surface area contributed by atoms with Crippen LogP contribution in [0.15, 0.2) is 60.7 Å². The Morgan fingerprint density at radius 1 is 0.897 bits per heavy atom. The quantitative estimate of drug-likeness (QED) is 0.437. The Hall–Kier alpha value is -4.24. The predicted molar refractivity (Wildman–Crippen MR) is 147 cm³/mol. The lowest BCUT2D eigenvalue weighted by molar-refractivity contribution is 0.0606. The number of methoxy groups -OCH3 is 2. The summed E-state index contributed by atoms with van der Waals surface area (Å²) in [6.07, 6.45) is 3.32. The minimum Gasteiger partial charge on any atom is -0.493 e. The summed E-state index contributed by atoms with van der Waals surface area (Å²) in [5.74, 6) is 1.81. The Kier molecular flexibility index (Phi) is 7.88. The van der Waals surface area contributed by atoms with Crippen LogP contribution in [-0.2, 0) is 6.54 Å². The zero-order valence-corrected chi connectivity index (χ0v) is 22.1. The first kappa shape index (κ1) is 26.4. The van der Waals surface area contributed by atoms with Gasteiger partial charge in [-0.3, -0.25) is 9.59 Å². The summed E-state index contributed by atoms with van der Waals surface area (Å²) in [6, 6.07) is 18.0.